The molecule has 0 amide bonds. The van der Waals surface area contributed by atoms with Crippen molar-refractivity contribution in [1.82, 2.24) is 0 Å². The molecule has 18 heavy (non-hydrogen) atoms. The van der Waals surface area contributed by atoms with Gasteiger partial charge in [0.2, 0.25) is 0 Å². The number of rotatable bonds is 2. The highest BCUT2D eigenvalue weighted by atomic mass is 16.4. The minimum Gasteiger partial charge on any atom is -0.478 e. The van der Waals surface area contributed by atoms with E-state index in [-0.39, 0.29) is 0 Å². The molecule has 2 aromatic rings. The number of carboxylic acid groups (broad SMARTS) is 1. The molecule has 0 saturated heterocycles. The van der Waals surface area contributed by atoms with Gasteiger partial charge in [-0.1, -0.05) is 42.5 Å². The molecule has 0 aromatic heterocycles. The molecule has 0 atom stereocenters. The molecule has 1 aliphatic rings. The quantitative estimate of drug-likeness (QED) is 0.693. The Kier molecular flexibility index (Phi) is 2.49. The first kappa shape index (κ1) is 10.8. The van der Waals surface area contributed by atoms with Crippen LogP contribution in [0.5, 0.6) is 0 Å². The third kappa shape index (κ3) is 1.82. The summed E-state index contributed by atoms with van der Waals surface area (Å²) in [6.45, 7) is 0. The molecule has 0 saturated carbocycles. The summed E-state index contributed by atoms with van der Waals surface area (Å²) < 4.78 is 0. The first-order valence-electron chi connectivity index (χ1n) is 5.86. The van der Waals surface area contributed by atoms with Crippen LogP contribution in [-0.4, -0.2) is 11.1 Å². The predicted molar refractivity (Wildman–Crippen MR) is 71.4 cm³/mol. The third-order valence-electron chi connectivity index (χ3n) is 3.24. The zero-order valence-corrected chi connectivity index (χ0v) is 9.76. The Morgan fingerprint density at radius 1 is 1.06 bits per heavy atom. The SMILES string of the molecule is O=C(O)/C=C/c1ccc2c(c1)Cc1ccccc1-2. The number of hydrogen-bond acceptors (Lipinski definition) is 1. The van der Waals surface area contributed by atoms with Crippen molar-refractivity contribution in [2.45, 2.75) is 6.42 Å². The van der Waals surface area contributed by atoms with Crippen LogP contribution < -0.4 is 0 Å². The van der Waals surface area contributed by atoms with Gasteiger partial charge in [0.05, 0.1) is 0 Å². The van der Waals surface area contributed by atoms with Crippen molar-refractivity contribution in [3.05, 3.63) is 65.2 Å². The van der Waals surface area contributed by atoms with Gasteiger partial charge < -0.3 is 5.11 Å². The van der Waals surface area contributed by atoms with Crippen LogP contribution >= 0.6 is 0 Å². The molecule has 3 rings (SSSR count). The summed E-state index contributed by atoms with van der Waals surface area (Å²) in [5.74, 6) is -0.918. The molecule has 0 spiro atoms. The Bertz CT molecular complexity index is 654. The van der Waals surface area contributed by atoms with Gasteiger partial charge in [0.15, 0.2) is 0 Å². The molecule has 2 aromatic carbocycles. The second-order valence-corrected chi connectivity index (χ2v) is 4.42. The highest BCUT2D eigenvalue weighted by Crippen LogP contribution is 2.36. The van der Waals surface area contributed by atoms with Crippen molar-refractivity contribution in [1.29, 1.82) is 0 Å². The number of fused-ring (bicyclic) bond motifs is 3. The lowest BCUT2D eigenvalue weighted by atomic mass is 10.0. The highest BCUT2D eigenvalue weighted by Gasteiger charge is 2.17. The predicted octanol–water partition coefficient (Wildman–Crippen LogP) is 3.36. The summed E-state index contributed by atoms with van der Waals surface area (Å²) in [5.41, 5.74) is 6.10. The van der Waals surface area contributed by atoms with Crippen molar-refractivity contribution in [3.8, 4) is 11.1 Å². The van der Waals surface area contributed by atoms with Crippen LogP contribution in [0.1, 0.15) is 16.7 Å². The van der Waals surface area contributed by atoms with E-state index in [9.17, 15) is 4.79 Å². The molecule has 2 heteroatoms. The van der Waals surface area contributed by atoms with E-state index < -0.39 is 5.97 Å². The molecule has 0 unspecified atom stereocenters. The van der Waals surface area contributed by atoms with E-state index >= 15 is 0 Å². The van der Waals surface area contributed by atoms with Crippen molar-refractivity contribution in [2.75, 3.05) is 0 Å². The normalized spacial score (nSPS) is 12.4. The van der Waals surface area contributed by atoms with Crippen molar-refractivity contribution in [3.63, 3.8) is 0 Å². The molecular formula is C16H12O2. The lowest BCUT2D eigenvalue weighted by Crippen LogP contribution is -1.86. The molecular weight excluding hydrogens is 224 g/mol. The number of aliphatic carboxylic acids is 1. The fraction of sp³-hybridized carbons (Fsp3) is 0.0625. The molecule has 0 fully saturated rings. The average molecular weight is 236 g/mol. The van der Waals surface area contributed by atoms with Gasteiger partial charge in [0.25, 0.3) is 0 Å². The van der Waals surface area contributed by atoms with Crippen LogP contribution in [0.4, 0.5) is 0 Å². The summed E-state index contributed by atoms with van der Waals surface area (Å²) >= 11 is 0. The molecule has 0 bridgehead atoms. The van der Waals surface area contributed by atoms with Crippen molar-refractivity contribution < 1.29 is 9.90 Å². The van der Waals surface area contributed by atoms with E-state index in [1.54, 1.807) is 6.08 Å². The van der Waals surface area contributed by atoms with Crippen LogP contribution in [0.2, 0.25) is 0 Å². The summed E-state index contributed by atoms with van der Waals surface area (Å²) in [6, 6.07) is 14.5. The minimum absolute atomic E-state index is 0.918. The van der Waals surface area contributed by atoms with Gasteiger partial charge in [-0.3, -0.25) is 0 Å². The molecule has 1 N–H and O–H groups in total. The van der Waals surface area contributed by atoms with Gasteiger partial charge in [0, 0.05) is 6.08 Å². The Hall–Kier alpha value is -2.35. The molecule has 1 aliphatic carbocycles. The lowest BCUT2D eigenvalue weighted by molar-refractivity contribution is -0.131. The summed E-state index contributed by atoms with van der Waals surface area (Å²) in [7, 11) is 0. The Labute approximate surface area is 105 Å². The monoisotopic (exact) mass is 236 g/mol. The summed E-state index contributed by atoms with van der Waals surface area (Å²) in [5, 5.41) is 8.62. The minimum atomic E-state index is -0.918. The van der Waals surface area contributed by atoms with Gasteiger partial charge in [-0.2, -0.15) is 0 Å². The van der Waals surface area contributed by atoms with Crippen LogP contribution in [-0.2, 0) is 11.2 Å². The van der Waals surface area contributed by atoms with Gasteiger partial charge >= 0.3 is 5.97 Å². The zero-order chi connectivity index (χ0) is 12.5. The van der Waals surface area contributed by atoms with E-state index in [4.69, 9.17) is 5.11 Å². The molecule has 88 valence electrons. The average Bonchev–Trinajstić information content (AvgIpc) is 2.73. The van der Waals surface area contributed by atoms with Crippen LogP contribution in [0.3, 0.4) is 0 Å². The standard InChI is InChI=1S/C16H12O2/c17-16(18)8-6-11-5-7-15-13(9-11)10-12-3-1-2-4-14(12)15/h1-9H,10H2,(H,17,18)/b8-6+. The Balaban J connectivity index is 2.01. The van der Waals surface area contributed by atoms with Crippen LogP contribution in [0.25, 0.3) is 17.2 Å². The highest BCUT2D eigenvalue weighted by molar-refractivity contribution is 5.86. The third-order valence-corrected chi connectivity index (χ3v) is 3.24. The lowest BCUT2D eigenvalue weighted by Gasteiger charge is -2.01. The number of hydrogen-bond donors (Lipinski definition) is 1. The van der Waals surface area contributed by atoms with E-state index in [2.05, 4.69) is 30.3 Å². The maximum atomic E-state index is 10.5. The molecule has 0 radical (unpaired) electrons. The molecule has 0 aliphatic heterocycles. The summed E-state index contributed by atoms with van der Waals surface area (Å²) in [4.78, 5) is 10.5. The van der Waals surface area contributed by atoms with Crippen molar-refractivity contribution >= 4 is 12.0 Å². The summed E-state index contributed by atoms with van der Waals surface area (Å²) in [6.07, 6.45) is 3.73. The van der Waals surface area contributed by atoms with E-state index in [0.717, 1.165) is 12.0 Å². The van der Waals surface area contributed by atoms with Crippen molar-refractivity contribution in [2.24, 2.45) is 0 Å². The fourth-order valence-electron chi connectivity index (χ4n) is 2.44. The van der Waals surface area contributed by atoms with E-state index in [1.165, 1.54) is 28.3 Å². The Morgan fingerprint density at radius 3 is 2.67 bits per heavy atom. The van der Waals surface area contributed by atoms with Gasteiger partial charge in [-0.15, -0.1) is 0 Å². The first-order chi connectivity index (χ1) is 8.74. The second kappa shape index (κ2) is 4.15. The van der Waals surface area contributed by atoms with Crippen LogP contribution in [0.15, 0.2) is 48.5 Å². The van der Waals surface area contributed by atoms with Gasteiger partial charge in [0.1, 0.15) is 0 Å². The Morgan fingerprint density at radius 2 is 1.83 bits per heavy atom. The maximum absolute atomic E-state index is 10.5. The number of carboxylic acids is 1. The number of carbonyl (C=O) groups is 1. The van der Waals surface area contributed by atoms with Gasteiger partial charge in [-0.05, 0) is 40.3 Å². The smallest absolute Gasteiger partial charge is 0.328 e. The number of benzene rings is 2. The van der Waals surface area contributed by atoms with E-state index in [1.807, 2.05) is 12.1 Å². The van der Waals surface area contributed by atoms with Crippen LogP contribution in [0, 0.1) is 0 Å². The first-order valence-corrected chi connectivity index (χ1v) is 5.86. The maximum Gasteiger partial charge on any atom is 0.328 e. The zero-order valence-electron chi connectivity index (χ0n) is 9.76. The topological polar surface area (TPSA) is 37.3 Å². The fourth-order valence-corrected chi connectivity index (χ4v) is 2.44. The van der Waals surface area contributed by atoms with Gasteiger partial charge in [-0.25, -0.2) is 4.79 Å². The molecule has 2 nitrogen and oxygen atoms in total. The largest absolute Gasteiger partial charge is 0.478 e. The second-order valence-electron chi connectivity index (χ2n) is 4.42. The van der Waals surface area contributed by atoms with E-state index in [0.29, 0.717) is 0 Å². The molecule has 0 heterocycles.